The van der Waals surface area contributed by atoms with Gasteiger partial charge in [0.05, 0.1) is 0 Å². The van der Waals surface area contributed by atoms with E-state index in [1.807, 2.05) is 0 Å². The highest BCUT2D eigenvalue weighted by molar-refractivity contribution is 8.46. The molecule has 0 spiro atoms. The molecule has 0 aromatic heterocycles. The summed E-state index contributed by atoms with van der Waals surface area (Å²) in [5.41, 5.74) is 0. The van der Waals surface area contributed by atoms with Gasteiger partial charge in [-0.05, 0) is 88.0 Å². The zero-order chi connectivity index (χ0) is 15.5. The predicted molar refractivity (Wildman–Crippen MR) is 104 cm³/mol. The minimum atomic E-state index is -0.680. The maximum Gasteiger partial charge on any atom is 0.00863 e. The van der Waals surface area contributed by atoms with Gasteiger partial charge in [0.2, 0.25) is 0 Å². The monoisotopic (exact) mass is 336 g/mol. The van der Waals surface area contributed by atoms with Crippen LogP contribution in [0.5, 0.6) is 0 Å². The van der Waals surface area contributed by atoms with Gasteiger partial charge < -0.3 is 0 Å². The van der Waals surface area contributed by atoms with Crippen molar-refractivity contribution >= 4 is 20.1 Å². The standard InChI is InChI=1S/C20H32S2/c1-5-15-7-8-16(6-2)20(15)21(3,4)17-9-11-18(12-10-17)22-13-19(22)14-22/h9-12,15-16,19-20H,5-8,13-14H2,1-4H3. The van der Waals surface area contributed by atoms with Crippen LogP contribution < -0.4 is 0 Å². The van der Waals surface area contributed by atoms with Gasteiger partial charge in [0.15, 0.2) is 0 Å². The lowest BCUT2D eigenvalue weighted by atomic mass is 10.0. The molecule has 0 bridgehead atoms. The Balaban J connectivity index is 1.61. The second-order valence-corrected chi connectivity index (χ2v) is 15.7. The maximum absolute atomic E-state index is 2.60. The molecule has 0 nitrogen and oxygen atoms in total. The van der Waals surface area contributed by atoms with Crippen molar-refractivity contribution in [3.8, 4) is 0 Å². The molecule has 3 fully saturated rings. The van der Waals surface area contributed by atoms with Crippen molar-refractivity contribution < 1.29 is 0 Å². The van der Waals surface area contributed by atoms with E-state index in [2.05, 4.69) is 50.6 Å². The Labute approximate surface area is 140 Å². The summed E-state index contributed by atoms with van der Waals surface area (Å²) in [6.45, 7) is 4.83. The SMILES string of the molecule is CCC1CCC(CC)C1S(C)(C)c1ccc(S23CC2C3)cc1. The van der Waals surface area contributed by atoms with E-state index in [0.717, 1.165) is 22.3 Å². The lowest BCUT2D eigenvalue weighted by molar-refractivity contribution is 0.483. The van der Waals surface area contributed by atoms with Crippen LogP contribution in [0.15, 0.2) is 34.1 Å². The number of hydrogen-bond donors (Lipinski definition) is 0. The predicted octanol–water partition coefficient (Wildman–Crippen LogP) is 5.88. The Bertz CT molecular complexity index is 542. The van der Waals surface area contributed by atoms with Crippen LogP contribution in [0.3, 0.4) is 0 Å². The van der Waals surface area contributed by atoms with Crippen molar-refractivity contribution in [1.82, 2.24) is 0 Å². The number of hydrogen-bond acceptors (Lipinski definition) is 0. The molecule has 4 rings (SSSR count). The quantitative estimate of drug-likeness (QED) is 0.589. The Kier molecular flexibility index (Phi) is 3.66. The second-order valence-electron chi connectivity index (χ2n) is 8.16. The molecule has 0 radical (unpaired) electrons. The largest absolute Gasteiger partial charge is 0.217 e. The zero-order valence-corrected chi connectivity index (χ0v) is 16.3. The molecule has 124 valence electrons. The fraction of sp³-hybridized carbons (Fsp3) is 0.700. The normalized spacial score (nSPS) is 43.3. The minimum absolute atomic E-state index is 0.189. The van der Waals surface area contributed by atoms with Crippen molar-refractivity contribution in [1.29, 1.82) is 0 Å². The molecule has 2 saturated heterocycles. The highest BCUT2D eigenvalue weighted by atomic mass is 32.3. The molecule has 22 heavy (non-hydrogen) atoms. The van der Waals surface area contributed by atoms with E-state index in [4.69, 9.17) is 0 Å². The summed E-state index contributed by atoms with van der Waals surface area (Å²) in [6.07, 6.45) is 10.9. The fourth-order valence-corrected chi connectivity index (χ4v) is 12.4. The maximum atomic E-state index is 2.60. The zero-order valence-electron chi connectivity index (χ0n) is 14.7. The lowest BCUT2D eigenvalue weighted by Gasteiger charge is -2.44. The van der Waals surface area contributed by atoms with Crippen molar-refractivity contribution in [2.75, 3.05) is 24.0 Å². The first-order chi connectivity index (χ1) is 10.5. The van der Waals surface area contributed by atoms with Crippen LogP contribution >= 0.6 is 20.1 Å². The van der Waals surface area contributed by atoms with Gasteiger partial charge in [0.25, 0.3) is 0 Å². The van der Waals surface area contributed by atoms with Crippen LogP contribution in [-0.2, 0) is 0 Å². The van der Waals surface area contributed by atoms with Gasteiger partial charge in [-0.15, -0.1) is 0 Å². The number of benzene rings is 1. The van der Waals surface area contributed by atoms with Crippen molar-refractivity contribution in [3.63, 3.8) is 0 Å². The van der Waals surface area contributed by atoms with Gasteiger partial charge in [-0.2, -0.15) is 0 Å². The van der Waals surface area contributed by atoms with E-state index in [1.165, 1.54) is 25.7 Å². The minimum Gasteiger partial charge on any atom is -0.217 e. The summed E-state index contributed by atoms with van der Waals surface area (Å²) >= 11 is 0. The highest BCUT2D eigenvalue weighted by Crippen LogP contribution is 2.88. The molecule has 1 aliphatic carbocycles. The molecule has 2 heterocycles. The first-order valence-electron chi connectivity index (χ1n) is 9.13. The van der Waals surface area contributed by atoms with Crippen LogP contribution in [0.4, 0.5) is 0 Å². The van der Waals surface area contributed by atoms with Gasteiger partial charge in [0.1, 0.15) is 0 Å². The molecule has 0 amide bonds. The fourth-order valence-electron chi connectivity index (χ4n) is 5.12. The lowest BCUT2D eigenvalue weighted by Crippen LogP contribution is -2.27. The topological polar surface area (TPSA) is 0 Å². The molecule has 1 aromatic rings. The third kappa shape index (κ3) is 2.20. The summed E-state index contributed by atoms with van der Waals surface area (Å²) in [6, 6.07) is 10.1. The van der Waals surface area contributed by atoms with Crippen molar-refractivity contribution in [2.24, 2.45) is 11.8 Å². The van der Waals surface area contributed by atoms with Gasteiger partial charge in [-0.1, -0.05) is 26.7 Å². The van der Waals surface area contributed by atoms with Crippen molar-refractivity contribution in [2.45, 2.75) is 59.8 Å². The Morgan fingerprint density at radius 2 is 1.45 bits per heavy atom. The first kappa shape index (κ1) is 15.4. The van der Waals surface area contributed by atoms with Gasteiger partial charge in [-0.3, -0.25) is 0 Å². The van der Waals surface area contributed by atoms with E-state index in [1.54, 1.807) is 21.3 Å². The molecular formula is C20H32S2. The van der Waals surface area contributed by atoms with Gasteiger partial charge in [0, 0.05) is 5.25 Å². The van der Waals surface area contributed by atoms with E-state index in [9.17, 15) is 0 Å². The summed E-state index contributed by atoms with van der Waals surface area (Å²) in [5.74, 6) is 5.05. The average Bonchev–Trinajstić information content (AvgIpc) is 3.34. The molecule has 2 aliphatic heterocycles. The van der Waals surface area contributed by atoms with Gasteiger partial charge >= 0.3 is 0 Å². The third-order valence-electron chi connectivity index (χ3n) is 6.84. The van der Waals surface area contributed by atoms with E-state index >= 15 is 0 Å². The molecular weight excluding hydrogens is 304 g/mol. The Morgan fingerprint density at radius 3 is 1.86 bits per heavy atom. The Hall–Kier alpha value is -0.0800. The molecule has 1 aromatic carbocycles. The summed E-state index contributed by atoms with van der Waals surface area (Å²) < 4.78 is 0. The Morgan fingerprint density at radius 1 is 0.955 bits per heavy atom. The molecule has 3 aliphatic rings. The van der Waals surface area contributed by atoms with E-state index in [-0.39, 0.29) is 10.0 Å². The smallest absolute Gasteiger partial charge is 0.00863 e. The van der Waals surface area contributed by atoms with Gasteiger partial charge in [-0.25, -0.2) is 20.1 Å². The summed E-state index contributed by atoms with van der Waals surface area (Å²) in [7, 11) is -0.869. The van der Waals surface area contributed by atoms with Crippen LogP contribution in [0.2, 0.25) is 0 Å². The highest BCUT2D eigenvalue weighted by Gasteiger charge is 2.65. The van der Waals surface area contributed by atoms with Crippen LogP contribution in [0.25, 0.3) is 0 Å². The molecule has 2 heteroatoms. The first-order valence-corrected chi connectivity index (χ1v) is 13.7. The molecule has 0 N–H and O–H groups in total. The van der Waals surface area contributed by atoms with Crippen molar-refractivity contribution in [3.05, 3.63) is 24.3 Å². The van der Waals surface area contributed by atoms with E-state index < -0.39 is 10.0 Å². The molecule has 1 saturated carbocycles. The van der Waals surface area contributed by atoms with Crippen LogP contribution in [0.1, 0.15) is 39.5 Å². The number of rotatable bonds is 5. The van der Waals surface area contributed by atoms with Crippen LogP contribution in [-0.4, -0.2) is 34.5 Å². The third-order valence-corrected chi connectivity index (χ3v) is 14.4. The van der Waals surface area contributed by atoms with Crippen LogP contribution in [0, 0.1) is 11.8 Å². The molecule has 2 unspecified atom stereocenters. The number of fused-ring (bicyclic) bond motifs is 1. The average molecular weight is 337 g/mol. The molecule has 2 atom stereocenters. The summed E-state index contributed by atoms with van der Waals surface area (Å²) in [4.78, 5) is 3.40. The summed E-state index contributed by atoms with van der Waals surface area (Å²) in [5, 5.41) is 2.09. The van der Waals surface area contributed by atoms with E-state index in [0.29, 0.717) is 0 Å². The second kappa shape index (κ2) is 5.21.